The number of fused-ring (bicyclic) bond motifs is 1. The Kier molecular flexibility index (Phi) is 28.4. The summed E-state index contributed by atoms with van der Waals surface area (Å²) in [5.41, 5.74) is 24.4. The third kappa shape index (κ3) is 22.8. The van der Waals surface area contributed by atoms with Gasteiger partial charge in [-0.25, -0.2) is 0 Å². The maximum absolute atomic E-state index is 14.6. The number of nitrogens with one attached hydrogen (secondary N) is 11. The molecule has 23 N–H and O–H groups in total. The number of aromatic hydroxyl groups is 2. The smallest absolute Gasteiger partial charge is 0.245 e. The van der Waals surface area contributed by atoms with Crippen LogP contribution in [0.5, 0.6) is 11.5 Å². The fraction of sp³-hybridized carbons (Fsp3) is 0.439. The number of aliphatic imine (C=N–C) groups is 1. The molecule has 11 amide bonds. The molecule has 1 aliphatic heterocycles. The van der Waals surface area contributed by atoms with Crippen molar-refractivity contribution in [2.24, 2.45) is 33.8 Å². The number of nitrogens with two attached hydrogens (primary N) is 4. The van der Waals surface area contributed by atoms with Gasteiger partial charge >= 0.3 is 0 Å². The minimum absolute atomic E-state index is 0.00797. The highest BCUT2D eigenvalue weighted by molar-refractivity contribution is 8.76. The summed E-state index contributed by atoms with van der Waals surface area (Å²) in [6, 6.07) is 4.49. The first-order valence-electron chi connectivity index (χ1n) is 28.5. The Morgan fingerprint density at radius 2 is 1.22 bits per heavy atom. The second-order valence-electron chi connectivity index (χ2n) is 21.2. The highest BCUT2D eigenvalue weighted by atomic mass is 33.1. The summed E-state index contributed by atoms with van der Waals surface area (Å²) in [6.45, 7) is 0.198. The lowest BCUT2D eigenvalue weighted by Gasteiger charge is -2.29. The molecule has 0 unspecified atom stereocenters. The van der Waals surface area contributed by atoms with Crippen LogP contribution in [0.25, 0.3) is 10.9 Å². The van der Waals surface area contributed by atoms with Gasteiger partial charge in [0.1, 0.15) is 65.9 Å². The highest BCUT2D eigenvalue weighted by Crippen LogP contribution is 2.24. The third-order valence-electron chi connectivity index (χ3n) is 13.9. The number of benzene rings is 3. The van der Waals surface area contributed by atoms with Crippen LogP contribution in [-0.4, -0.2) is 195 Å². The van der Waals surface area contributed by atoms with Crippen LogP contribution in [0, 0.1) is 5.92 Å². The summed E-state index contributed by atoms with van der Waals surface area (Å²) in [6.07, 6.45) is 0.432. The molecule has 0 saturated carbocycles. The molecule has 33 heteroatoms. The fourth-order valence-electron chi connectivity index (χ4n) is 9.01. The molecule has 4 aromatic rings. The summed E-state index contributed by atoms with van der Waals surface area (Å²) >= 11 is 0. The normalized spacial score (nSPS) is 22.2. The van der Waals surface area contributed by atoms with Crippen LogP contribution in [-0.2, 0) is 72.0 Å². The minimum atomic E-state index is -1.78. The van der Waals surface area contributed by atoms with Gasteiger partial charge in [0, 0.05) is 67.4 Å². The van der Waals surface area contributed by atoms with E-state index < -0.39 is 158 Å². The van der Waals surface area contributed by atoms with E-state index in [0.29, 0.717) is 27.6 Å². The second-order valence-corrected chi connectivity index (χ2v) is 23.7. The Morgan fingerprint density at radius 1 is 0.656 bits per heavy atom. The lowest BCUT2D eigenvalue weighted by Crippen LogP contribution is -2.61. The van der Waals surface area contributed by atoms with Crippen LogP contribution >= 0.6 is 21.6 Å². The molecule has 1 fully saturated rings. The van der Waals surface area contributed by atoms with E-state index in [1.165, 1.54) is 48.5 Å². The molecule has 488 valence electrons. The number of primary amides is 1. The van der Waals surface area contributed by atoms with Crippen LogP contribution < -0.4 is 76.1 Å². The van der Waals surface area contributed by atoms with Crippen molar-refractivity contribution in [3.05, 3.63) is 95.7 Å². The van der Waals surface area contributed by atoms with Crippen molar-refractivity contribution >= 4 is 103 Å². The van der Waals surface area contributed by atoms with Gasteiger partial charge in [-0.3, -0.25) is 57.7 Å². The number of carbonyl (C=O) groups is 11. The number of phenolic OH excluding ortho intramolecular Hbond substituents is 2. The van der Waals surface area contributed by atoms with Crippen molar-refractivity contribution in [3.63, 3.8) is 0 Å². The van der Waals surface area contributed by atoms with Crippen molar-refractivity contribution in [2.75, 3.05) is 44.4 Å². The van der Waals surface area contributed by atoms with Crippen LogP contribution in [0.1, 0.15) is 49.8 Å². The van der Waals surface area contributed by atoms with Gasteiger partial charge in [0.05, 0.1) is 19.8 Å². The topological polar surface area (TPSA) is 521 Å². The van der Waals surface area contributed by atoms with Crippen molar-refractivity contribution in [1.29, 1.82) is 0 Å². The Hall–Kier alpha value is -9.18. The van der Waals surface area contributed by atoms with Gasteiger partial charge < -0.3 is 102 Å². The number of aliphatic hydroxyl groups is 2. The van der Waals surface area contributed by atoms with Crippen LogP contribution in [0.3, 0.4) is 0 Å². The molecular formula is C57H78N16O15S2. The van der Waals surface area contributed by atoms with Crippen molar-refractivity contribution in [3.8, 4) is 11.5 Å². The monoisotopic (exact) mass is 1290 g/mol. The number of rotatable bonds is 18. The van der Waals surface area contributed by atoms with Crippen molar-refractivity contribution < 1.29 is 73.2 Å². The van der Waals surface area contributed by atoms with Gasteiger partial charge in [0.25, 0.3) is 0 Å². The molecule has 3 aromatic carbocycles. The largest absolute Gasteiger partial charge is 0.508 e. The molecule has 31 nitrogen and oxygen atoms in total. The Morgan fingerprint density at radius 3 is 1.84 bits per heavy atom. The quantitative estimate of drug-likeness (QED) is 0.0192. The second kappa shape index (κ2) is 35.7. The number of carbonyl (C=O) groups excluding carboxylic acids is 11. The number of hydrogen-bond acceptors (Lipinski definition) is 19. The van der Waals surface area contributed by atoms with Gasteiger partial charge in [-0.15, -0.1) is 0 Å². The summed E-state index contributed by atoms with van der Waals surface area (Å²) in [5.74, 6) is -12.3. The zero-order valence-corrected chi connectivity index (χ0v) is 51.0. The van der Waals surface area contributed by atoms with Gasteiger partial charge in [-0.1, -0.05) is 77.9 Å². The standard InChI is InChI=1S/C57H78N16O15S2/c1-29(2)47-56(88)69-39(21-31-11-15-34(77)16-12-31)51(83)67-37(8-5-18-63-57(60)61)49(81)62-19-17-45(78)66-41(25-74)53(85)68-40(22-32-24-64-36-7-4-3-6-35(32)36)52(84)70-42(26-75)54(86)71-43(48(59)80)27-89-90-28-44(55(87)73-47)72-50(82)38(65-46(79)23-58)20-30-9-13-33(76)14-10-30/h3-4,6-7,9-16,24,29,37-44,47,64,74-77H,5,8,17-23,25-28,58H2,1-2H3,(H2,59,80)(H,62,81)(H,65,79)(H,66,78)(H,67,83)(H,68,85)(H,69,88)(H,70,84)(H,71,86)(H,72,82)(H,73,87)(H4,60,61,63)/t37-,38-,39-,40-,41-,42-,43-,44-,47-/m0/s1. The van der Waals surface area contributed by atoms with E-state index in [-0.39, 0.29) is 67.6 Å². The molecule has 0 aliphatic carbocycles. The van der Waals surface area contributed by atoms with E-state index in [4.69, 9.17) is 22.9 Å². The van der Waals surface area contributed by atoms with Crippen molar-refractivity contribution in [2.45, 2.75) is 107 Å². The maximum Gasteiger partial charge on any atom is 0.245 e. The Balaban J connectivity index is 1.53. The van der Waals surface area contributed by atoms with E-state index in [0.717, 1.165) is 21.6 Å². The number of guanidine groups is 1. The molecule has 1 aromatic heterocycles. The van der Waals surface area contributed by atoms with Crippen LogP contribution in [0.4, 0.5) is 0 Å². The molecule has 1 aliphatic rings. The number of aliphatic hydroxyl groups excluding tert-OH is 2. The number of phenols is 2. The van der Waals surface area contributed by atoms with E-state index in [2.05, 4.69) is 63.1 Å². The van der Waals surface area contributed by atoms with Gasteiger partial charge in [-0.05, 0) is 65.8 Å². The SMILES string of the molecule is CC(C)[C@@H]1NC(=O)[C@@H](NC(=O)[C@H](Cc2ccc(O)cc2)NC(=O)CN)CSSC[C@@H](C(N)=O)NC(=O)[C@H](CO)NC(=O)[C@H](Cc2c[nH]c3ccccc23)NC(=O)[C@H](CO)NC(=O)CCNC(=O)[C@H](CCCN=C(N)N)NC(=O)[C@H](Cc2ccc(O)cc2)NC1=O. The molecular weight excluding hydrogens is 1210 g/mol. The highest BCUT2D eigenvalue weighted by Gasteiger charge is 2.36. The average molecular weight is 1290 g/mol. The molecule has 9 atom stereocenters. The zero-order valence-electron chi connectivity index (χ0n) is 49.3. The number of amides is 11. The van der Waals surface area contributed by atoms with Gasteiger partial charge in [0.2, 0.25) is 65.0 Å². The number of hydrogen-bond donors (Lipinski definition) is 19. The van der Waals surface area contributed by atoms with Crippen molar-refractivity contribution in [1.82, 2.24) is 58.2 Å². The predicted molar refractivity (Wildman–Crippen MR) is 333 cm³/mol. The summed E-state index contributed by atoms with van der Waals surface area (Å²) in [4.78, 5) is 160. The Bertz CT molecular complexity index is 3190. The number of para-hydroxylation sites is 1. The average Bonchev–Trinajstić information content (AvgIpc) is 1.76. The molecule has 1 saturated heterocycles. The molecule has 0 radical (unpaired) electrons. The number of nitrogens with zero attached hydrogens (tertiary/aromatic N) is 1. The molecule has 2 heterocycles. The zero-order chi connectivity index (χ0) is 66.0. The number of aromatic nitrogens is 1. The summed E-state index contributed by atoms with van der Waals surface area (Å²) < 4.78 is 0. The number of H-pyrrole nitrogens is 1. The van der Waals surface area contributed by atoms with Crippen LogP contribution in [0.2, 0.25) is 0 Å². The van der Waals surface area contributed by atoms with E-state index in [1.54, 1.807) is 44.3 Å². The maximum atomic E-state index is 14.6. The Labute approximate surface area is 524 Å². The van der Waals surface area contributed by atoms with Gasteiger partial charge in [0.15, 0.2) is 5.96 Å². The molecule has 0 bridgehead atoms. The van der Waals surface area contributed by atoms with E-state index in [1.807, 2.05) is 0 Å². The first-order chi connectivity index (χ1) is 42.9. The lowest BCUT2D eigenvalue weighted by molar-refractivity contribution is -0.135. The predicted octanol–water partition coefficient (Wildman–Crippen LogP) is -4.99. The first kappa shape index (κ1) is 71.6. The van der Waals surface area contributed by atoms with E-state index in [9.17, 15) is 73.2 Å². The summed E-state index contributed by atoms with van der Waals surface area (Å²) in [7, 11) is 1.76. The minimum Gasteiger partial charge on any atom is -0.508 e. The third-order valence-corrected chi connectivity index (χ3v) is 16.3. The fourth-order valence-corrected chi connectivity index (χ4v) is 11.3. The molecule has 5 rings (SSSR count). The molecule has 0 spiro atoms. The van der Waals surface area contributed by atoms with E-state index >= 15 is 0 Å². The molecule has 90 heavy (non-hydrogen) atoms. The van der Waals surface area contributed by atoms with Gasteiger partial charge in [-0.2, -0.15) is 0 Å². The number of aromatic amines is 1. The first-order valence-corrected chi connectivity index (χ1v) is 31.0. The van der Waals surface area contributed by atoms with Crippen LogP contribution in [0.15, 0.2) is 84.0 Å². The lowest BCUT2D eigenvalue weighted by atomic mass is 10.00. The summed E-state index contributed by atoms with van der Waals surface area (Å²) in [5, 5.41) is 66.7.